The molecule has 0 saturated carbocycles. The van der Waals surface area contributed by atoms with Crippen LogP contribution < -0.4 is 11.1 Å². The van der Waals surface area contributed by atoms with Crippen molar-refractivity contribution in [2.45, 2.75) is 6.92 Å². The highest BCUT2D eigenvalue weighted by Gasteiger charge is 2.13. The second kappa shape index (κ2) is 5.71. The van der Waals surface area contributed by atoms with Crippen molar-refractivity contribution in [1.82, 2.24) is 4.98 Å². The highest BCUT2D eigenvalue weighted by Crippen LogP contribution is 2.32. The van der Waals surface area contributed by atoms with Gasteiger partial charge in [0.15, 0.2) is 0 Å². The number of aromatic nitrogens is 1. The van der Waals surface area contributed by atoms with Crippen LogP contribution >= 0.6 is 31.9 Å². The first-order valence-corrected chi connectivity index (χ1v) is 7.04. The Bertz CT molecular complexity index is 621. The molecule has 1 amide bonds. The monoisotopic (exact) mass is 383 g/mol. The Morgan fingerprint density at radius 3 is 2.53 bits per heavy atom. The van der Waals surface area contributed by atoms with Crippen molar-refractivity contribution in [3.8, 4) is 0 Å². The van der Waals surface area contributed by atoms with Crippen molar-refractivity contribution in [3.05, 3.63) is 50.7 Å². The van der Waals surface area contributed by atoms with E-state index in [1.54, 1.807) is 6.07 Å². The van der Waals surface area contributed by atoms with Crippen molar-refractivity contribution in [2.24, 2.45) is 0 Å². The molecule has 0 unspecified atom stereocenters. The number of halogens is 2. The molecule has 1 aromatic carbocycles. The quantitative estimate of drug-likeness (QED) is 0.828. The normalized spacial score (nSPS) is 10.3. The second-order valence-corrected chi connectivity index (χ2v) is 5.73. The minimum atomic E-state index is -0.273. The van der Waals surface area contributed by atoms with Gasteiger partial charge in [0.1, 0.15) is 0 Å². The topological polar surface area (TPSA) is 68.0 Å². The molecule has 0 spiro atoms. The molecule has 0 aliphatic rings. The van der Waals surface area contributed by atoms with E-state index in [1.807, 2.05) is 19.1 Å². The lowest BCUT2D eigenvalue weighted by Gasteiger charge is -2.11. The molecule has 19 heavy (non-hydrogen) atoms. The largest absolute Gasteiger partial charge is 0.397 e. The van der Waals surface area contributed by atoms with Crippen LogP contribution in [0.25, 0.3) is 0 Å². The number of nitrogens with two attached hydrogens (primary N) is 1. The molecule has 0 radical (unpaired) electrons. The van der Waals surface area contributed by atoms with Gasteiger partial charge in [-0.2, -0.15) is 0 Å². The zero-order valence-electron chi connectivity index (χ0n) is 10.1. The number of benzene rings is 1. The molecular weight excluding hydrogens is 374 g/mol. The summed E-state index contributed by atoms with van der Waals surface area (Å²) in [4.78, 5) is 16.0. The van der Waals surface area contributed by atoms with Gasteiger partial charge in [0.25, 0.3) is 5.91 Å². The first-order valence-electron chi connectivity index (χ1n) is 5.45. The molecule has 98 valence electrons. The van der Waals surface area contributed by atoms with Crippen molar-refractivity contribution in [2.75, 3.05) is 11.1 Å². The van der Waals surface area contributed by atoms with Crippen molar-refractivity contribution < 1.29 is 4.79 Å². The minimum Gasteiger partial charge on any atom is -0.397 e. The molecular formula is C13H11Br2N3O. The van der Waals surface area contributed by atoms with E-state index in [9.17, 15) is 4.79 Å². The highest BCUT2D eigenvalue weighted by molar-refractivity contribution is 9.11. The Morgan fingerprint density at radius 1 is 1.32 bits per heavy atom. The Hall–Kier alpha value is -1.40. The van der Waals surface area contributed by atoms with Crippen LogP contribution in [0.4, 0.5) is 11.4 Å². The number of nitrogens with zero attached hydrogens (tertiary/aromatic N) is 1. The molecule has 0 saturated heterocycles. The van der Waals surface area contributed by atoms with Gasteiger partial charge in [-0.25, -0.2) is 0 Å². The predicted octanol–water partition coefficient (Wildman–Crippen LogP) is 3.75. The van der Waals surface area contributed by atoms with Gasteiger partial charge in [0, 0.05) is 15.1 Å². The number of nitrogen functional groups attached to an aromatic ring is 1. The Kier molecular flexibility index (Phi) is 4.21. The van der Waals surface area contributed by atoms with E-state index < -0.39 is 0 Å². The van der Waals surface area contributed by atoms with Gasteiger partial charge in [0.2, 0.25) is 0 Å². The summed E-state index contributed by atoms with van der Waals surface area (Å²) in [6.07, 6.45) is 2.98. The first-order chi connectivity index (χ1) is 8.99. The number of pyridine rings is 1. The zero-order valence-corrected chi connectivity index (χ0v) is 13.2. The van der Waals surface area contributed by atoms with Crippen LogP contribution in [0, 0.1) is 6.92 Å². The zero-order chi connectivity index (χ0) is 14.0. The van der Waals surface area contributed by atoms with E-state index in [4.69, 9.17) is 5.73 Å². The van der Waals surface area contributed by atoms with Crippen LogP contribution in [0.5, 0.6) is 0 Å². The molecule has 2 rings (SSSR count). The van der Waals surface area contributed by atoms with E-state index in [0.717, 1.165) is 14.5 Å². The van der Waals surface area contributed by atoms with Crippen molar-refractivity contribution >= 4 is 49.1 Å². The molecule has 0 fully saturated rings. The van der Waals surface area contributed by atoms with Crippen molar-refractivity contribution in [1.29, 1.82) is 0 Å². The number of aryl methyl sites for hydroxylation is 1. The summed E-state index contributed by atoms with van der Waals surface area (Å²) >= 11 is 6.86. The summed E-state index contributed by atoms with van der Waals surface area (Å²) < 4.78 is 1.61. The maximum Gasteiger partial charge on any atom is 0.257 e. The highest BCUT2D eigenvalue weighted by atomic mass is 79.9. The van der Waals surface area contributed by atoms with Gasteiger partial charge in [0.05, 0.1) is 23.1 Å². The van der Waals surface area contributed by atoms with Gasteiger partial charge >= 0.3 is 0 Å². The summed E-state index contributed by atoms with van der Waals surface area (Å²) in [7, 11) is 0. The minimum absolute atomic E-state index is 0.273. The van der Waals surface area contributed by atoms with Gasteiger partial charge in [-0.15, -0.1) is 0 Å². The molecule has 2 aromatic rings. The molecule has 6 heteroatoms. The second-order valence-electron chi connectivity index (χ2n) is 4.02. The average molecular weight is 385 g/mol. The number of anilines is 2. The first kappa shape index (κ1) is 14.0. The maximum absolute atomic E-state index is 12.2. The number of carbonyl (C=O) groups excluding carboxylic acids is 1. The fourth-order valence-electron chi connectivity index (χ4n) is 1.61. The molecule has 0 atom stereocenters. The molecule has 1 heterocycles. The fraction of sp³-hybridized carbons (Fsp3) is 0.0769. The van der Waals surface area contributed by atoms with E-state index in [2.05, 4.69) is 42.2 Å². The van der Waals surface area contributed by atoms with Gasteiger partial charge in [-0.1, -0.05) is 0 Å². The third-order valence-corrected chi connectivity index (χ3v) is 3.77. The molecule has 3 N–H and O–H groups in total. The Labute approximate surface area is 127 Å². The summed E-state index contributed by atoms with van der Waals surface area (Å²) in [5, 5.41) is 2.82. The van der Waals surface area contributed by atoms with Crippen LogP contribution in [0.15, 0.2) is 39.5 Å². The van der Waals surface area contributed by atoms with Crippen LogP contribution in [0.3, 0.4) is 0 Å². The SMILES string of the molecule is Cc1cc(Br)c(NC(=O)c2ccncc2N)c(Br)c1. The van der Waals surface area contributed by atoms with E-state index in [-0.39, 0.29) is 5.91 Å². The lowest BCUT2D eigenvalue weighted by molar-refractivity contribution is 0.102. The van der Waals surface area contributed by atoms with Crippen LogP contribution in [-0.4, -0.2) is 10.9 Å². The molecule has 4 nitrogen and oxygen atoms in total. The van der Waals surface area contributed by atoms with Crippen LogP contribution in [0.2, 0.25) is 0 Å². The summed E-state index contributed by atoms with van der Waals surface area (Å²) in [6.45, 7) is 1.97. The Morgan fingerprint density at radius 2 is 1.95 bits per heavy atom. The number of hydrogen-bond donors (Lipinski definition) is 2. The summed E-state index contributed by atoms with van der Waals surface area (Å²) in [5.41, 5.74) is 8.23. The average Bonchev–Trinajstić information content (AvgIpc) is 2.34. The summed E-state index contributed by atoms with van der Waals surface area (Å²) in [5.74, 6) is -0.273. The summed E-state index contributed by atoms with van der Waals surface area (Å²) in [6, 6.07) is 5.44. The molecule has 1 aromatic heterocycles. The standard InChI is InChI=1S/C13H11Br2N3O/c1-7-4-9(14)12(10(15)5-7)18-13(19)8-2-3-17-6-11(8)16/h2-6H,16H2,1H3,(H,18,19). The number of hydrogen-bond acceptors (Lipinski definition) is 3. The van der Waals surface area contributed by atoms with Gasteiger partial charge in [-0.05, 0) is 62.5 Å². The van der Waals surface area contributed by atoms with Crippen LogP contribution in [-0.2, 0) is 0 Å². The maximum atomic E-state index is 12.2. The molecule has 0 aliphatic heterocycles. The van der Waals surface area contributed by atoms with Crippen molar-refractivity contribution in [3.63, 3.8) is 0 Å². The van der Waals surface area contributed by atoms with Gasteiger partial charge < -0.3 is 11.1 Å². The molecule has 0 aliphatic carbocycles. The van der Waals surface area contributed by atoms with E-state index >= 15 is 0 Å². The third-order valence-electron chi connectivity index (χ3n) is 2.52. The number of amides is 1. The van der Waals surface area contributed by atoms with E-state index in [0.29, 0.717) is 16.9 Å². The number of rotatable bonds is 2. The Balaban J connectivity index is 2.32. The van der Waals surface area contributed by atoms with E-state index in [1.165, 1.54) is 12.4 Å². The lowest BCUT2D eigenvalue weighted by atomic mass is 10.2. The number of nitrogens with one attached hydrogen (secondary N) is 1. The smallest absolute Gasteiger partial charge is 0.257 e. The van der Waals surface area contributed by atoms with Crippen LogP contribution in [0.1, 0.15) is 15.9 Å². The number of carbonyl (C=O) groups is 1. The fourth-order valence-corrected chi connectivity index (χ4v) is 3.23. The molecule has 0 bridgehead atoms. The predicted molar refractivity (Wildman–Crippen MR) is 83.2 cm³/mol. The third kappa shape index (κ3) is 3.13. The lowest BCUT2D eigenvalue weighted by Crippen LogP contribution is -2.15. The van der Waals surface area contributed by atoms with Gasteiger partial charge in [-0.3, -0.25) is 9.78 Å².